The third-order valence-corrected chi connectivity index (χ3v) is 3.66. The van der Waals surface area contributed by atoms with Crippen LogP contribution in [0.1, 0.15) is 6.42 Å². The van der Waals surface area contributed by atoms with Gasteiger partial charge in [0.05, 0.1) is 25.7 Å². The minimum absolute atomic E-state index is 0.113. The van der Waals surface area contributed by atoms with Gasteiger partial charge in [-0.1, -0.05) is 15.9 Å². The number of rotatable bonds is 5. The first-order valence-electron chi connectivity index (χ1n) is 6.53. The molecule has 1 aromatic carbocycles. The SMILES string of the molecule is O=C(O)CC1COCCN1C(=O)COc1ccc(Br)cc1. The minimum Gasteiger partial charge on any atom is -0.484 e. The quantitative estimate of drug-likeness (QED) is 0.864. The van der Waals surface area contributed by atoms with Crippen LogP contribution in [0.25, 0.3) is 0 Å². The maximum absolute atomic E-state index is 12.2. The van der Waals surface area contributed by atoms with E-state index in [0.717, 1.165) is 4.47 Å². The topological polar surface area (TPSA) is 76.1 Å². The number of ether oxygens (including phenoxy) is 2. The summed E-state index contributed by atoms with van der Waals surface area (Å²) in [6.07, 6.45) is -0.121. The van der Waals surface area contributed by atoms with Crippen molar-refractivity contribution in [3.8, 4) is 5.75 Å². The summed E-state index contributed by atoms with van der Waals surface area (Å²) in [5.41, 5.74) is 0. The van der Waals surface area contributed by atoms with Crippen LogP contribution in [-0.2, 0) is 14.3 Å². The van der Waals surface area contributed by atoms with Crippen molar-refractivity contribution >= 4 is 27.8 Å². The molecular formula is C14H16BrNO5. The number of carbonyl (C=O) groups excluding carboxylic acids is 1. The van der Waals surface area contributed by atoms with Crippen LogP contribution in [0, 0.1) is 0 Å². The molecule has 6 nitrogen and oxygen atoms in total. The molecule has 1 N–H and O–H groups in total. The zero-order valence-corrected chi connectivity index (χ0v) is 12.9. The molecule has 0 aromatic heterocycles. The van der Waals surface area contributed by atoms with E-state index in [1.165, 1.54) is 4.90 Å². The van der Waals surface area contributed by atoms with Crippen LogP contribution in [-0.4, -0.2) is 54.3 Å². The van der Waals surface area contributed by atoms with Gasteiger partial charge in [-0.25, -0.2) is 0 Å². The van der Waals surface area contributed by atoms with E-state index in [0.29, 0.717) is 18.9 Å². The van der Waals surface area contributed by atoms with Gasteiger partial charge in [0.1, 0.15) is 5.75 Å². The lowest BCUT2D eigenvalue weighted by Crippen LogP contribution is -2.51. The molecule has 21 heavy (non-hydrogen) atoms. The van der Waals surface area contributed by atoms with Gasteiger partial charge in [-0.2, -0.15) is 0 Å². The highest BCUT2D eigenvalue weighted by atomic mass is 79.9. The fraction of sp³-hybridized carbons (Fsp3) is 0.429. The molecular weight excluding hydrogens is 342 g/mol. The Balaban J connectivity index is 1.91. The molecule has 1 fully saturated rings. The largest absolute Gasteiger partial charge is 0.484 e. The molecule has 0 spiro atoms. The first kappa shape index (κ1) is 15.8. The Hall–Kier alpha value is -1.60. The zero-order chi connectivity index (χ0) is 15.2. The molecule has 0 saturated carbocycles. The predicted molar refractivity (Wildman–Crippen MR) is 78.2 cm³/mol. The van der Waals surface area contributed by atoms with Crippen LogP contribution in [0.2, 0.25) is 0 Å². The molecule has 1 aromatic rings. The van der Waals surface area contributed by atoms with E-state index in [1.54, 1.807) is 12.1 Å². The highest BCUT2D eigenvalue weighted by Gasteiger charge is 2.29. The molecule has 0 aliphatic carbocycles. The summed E-state index contributed by atoms with van der Waals surface area (Å²) in [5, 5.41) is 8.87. The summed E-state index contributed by atoms with van der Waals surface area (Å²) < 4.78 is 11.6. The van der Waals surface area contributed by atoms with Crippen molar-refractivity contribution in [1.82, 2.24) is 4.90 Å². The van der Waals surface area contributed by atoms with Gasteiger partial charge >= 0.3 is 5.97 Å². The number of amides is 1. The second-order valence-electron chi connectivity index (χ2n) is 4.66. The van der Waals surface area contributed by atoms with Crippen molar-refractivity contribution in [3.63, 3.8) is 0 Å². The van der Waals surface area contributed by atoms with E-state index in [4.69, 9.17) is 14.6 Å². The first-order valence-corrected chi connectivity index (χ1v) is 7.33. The lowest BCUT2D eigenvalue weighted by molar-refractivity contribution is -0.147. The smallest absolute Gasteiger partial charge is 0.305 e. The van der Waals surface area contributed by atoms with Crippen molar-refractivity contribution in [1.29, 1.82) is 0 Å². The number of carboxylic acid groups (broad SMARTS) is 1. The Labute approximate surface area is 130 Å². The van der Waals surface area contributed by atoms with Crippen molar-refractivity contribution in [2.75, 3.05) is 26.4 Å². The van der Waals surface area contributed by atoms with E-state index in [9.17, 15) is 9.59 Å². The molecule has 1 unspecified atom stereocenters. The Morgan fingerprint density at radius 3 is 2.76 bits per heavy atom. The van der Waals surface area contributed by atoms with Gasteiger partial charge in [-0.15, -0.1) is 0 Å². The molecule has 0 bridgehead atoms. The molecule has 1 atom stereocenters. The first-order chi connectivity index (χ1) is 10.1. The average Bonchev–Trinajstić information content (AvgIpc) is 2.46. The summed E-state index contributed by atoms with van der Waals surface area (Å²) in [6.45, 7) is 0.939. The molecule has 1 saturated heterocycles. The van der Waals surface area contributed by atoms with Gasteiger partial charge in [0.2, 0.25) is 0 Å². The fourth-order valence-corrected chi connectivity index (χ4v) is 2.38. The Kier molecular flexibility index (Phi) is 5.58. The van der Waals surface area contributed by atoms with Gasteiger partial charge < -0.3 is 19.5 Å². The highest BCUT2D eigenvalue weighted by molar-refractivity contribution is 9.10. The van der Waals surface area contributed by atoms with Crippen molar-refractivity contribution in [2.45, 2.75) is 12.5 Å². The molecule has 7 heteroatoms. The second-order valence-corrected chi connectivity index (χ2v) is 5.57. The second kappa shape index (κ2) is 7.42. The van der Waals surface area contributed by atoms with Crippen molar-refractivity contribution in [2.24, 2.45) is 0 Å². The van der Waals surface area contributed by atoms with Crippen LogP contribution >= 0.6 is 15.9 Å². The maximum atomic E-state index is 12.2. The normalized spacial score (nSPS) is 18.3. The average molecular weight is 358 g/mol. The fourth-order valence-electron chi connectivity index (χ4n) is 2.11. The maximum Gasteiger partial charge on any atom is 0.305 e. The highest BCUT2D eigenvalue weighted by Crippen LogP contribution is 2.17. The van der Waals surface area contributed by atoms with E-state index >= 15 is 0 Å². The Bertz CT molecular complexity index is 505. The Morgan fingerprint density at radius 2 is 2.10 bits per heavy atom. The minimum atomic E-state index is -0.947. The van der Waals surface area contributed by atoms with Crippen molar-refractivity contribution in [3.05, 3.63) is 28.7 Å². The standard InChI is InChI=1S/C14H16BrNO5/c15-10-1-3-12(4-2-10)21-9-13(17)16-5-6-20-8-11(16)7-14(18)19/h1-4,11H,5-9H2,(H,18,19). The molecule has 1 aliphatic rings. The Morgan fingerprint density at radius 1 is 1.38 bits per heavy atom. The summed E-state index contributed by atoms with van der Waals surface area (Å²) >= 11 is 3.32. The number of carboxylic acids is 1. The third-order valence-electron chi connectivity index (χ3n) is 3.13. The predicted octanol–water partition coefficient (Wildman–Crippen LogP) is 1.53. The molecule has 1 amide bonds. The van der Waals surface area contributed by atoms with E-state index in [-0.39, 0.29) is 25.5 Å². The van der Waals surface area contributed by atoms with E-state index in [2.05, 4.69) is 15.9 Å². The van der Waals surface area contributed by atoms with Crippen LogP contribution in [0.3, 0.4) is 0 Å². The number of nitrogens with zero attached hydrogens (tertiary/aromatic N) is 1. The number of benzene rings is 1. The molecule has 114 valence electrons. The summed E-state index contributed by atoms with van der Waals surface area (Å²) in [7, 11) is 0. The summed E-state index contributed by atoms with van der Waals surface area (Å²) in [5.74, 6) is -0.584. The third kappa shape index (κ3) is 4.71. The number of morpholine rings is 1. The van der Waals surface area contributed by atoms with Gasteiger partial charge in [0.25, 0.3) is 5.91 Å². The van der Waals surface area contributed by atoms with E-state index < -0.39 is 12.0 Å². The van der Waals surface area contributed by atoms with Gasteiger partial charge in [-0.3, -0.25) is 9.59 Å². The molecule has 1 heterocycles. The van der Waals surface area contributed by atoms with Crippen molar-refractivity contribution < 1.29 is 24.2 Å². The lowest BCUT2D eigenvalue weighted by Gasteiger charge is -2.34. The van der Waals surface area contributed by atoms with Gasteiger partial charge in [0, 0.05) is 11.0 Å². The van der Waals surface area contributed by atoms with Crippen LogP contribution in [0.5, 0.6) is 5.75 Å². The summed E-state index contributed by atoms with van der Waals surface area (Å²) in [6, 6.07) is 6.72. The summed E-state index contributed by atoms with van der Waals surface area (Å²) in [4.78, 5) is 24.5. The molecule has 0 radical (unpaired) electrons. The number of halogens is 1. The number of hydrogen-bond donors (Lipinski definition) is 1. The molecule has 2 rings (SSSR count). The van der Waals surface area contributed by atoms with Crippen LogP contribution in [0.4, 0.5) is 0 Å². The molecule has 1 aliphatic heterocycles. The van der Waals surface area contributed by atoms with Crippen LogP contribution in [0.15, 0.2) is 28.7 Å². The van der Waals surface area contributed by atoms with Gasteiger partial charge in [-0.05, 0) is 24.3 Å². The zero-order valence-electron chi connectivity index (χ0n) is 11.3. The monoisotopic (exact) mass is 357 g/mol. The number of hydrogen-bond acceptors (Lipinski definition) is 4. The number of carbonyl (C=O) groups is 2. The van der Waals surface area contributed by atoms with E-state index in [1.807, 2.05) is 12.1 Å². The van der Waals surface area contributed by atoms with Crippen LogP contribution < -0.4 is 4.74 Å². The number of aliphatic carboxylic acids is 1. The van der Waals surface area contributed by atoms with Gasteiger partial charge in [0.15, 0.2) is 6.61 Å². The lowest BCUT2D eigenvalue weighted by atomic mass is 10.1.